The van der Waals surface area contributed by atoms with Crippen LogP contribution in [0.2, 0.25) is 20.1 Å². The van der Waals surface area contributed by atoms with Crippen LogP contribution in [0.25, 0.3) is 0 Å². The number of hydrogen-bond acceptors (Lipinski definition) is 10. The van der Waals surface area contributed by atoms with E-state index in [0.717, 1.165) is 25.3 Å². The zero-order chi connectivity index (χ0) is 52.0. The summed E-state index contributed by atoms with van der Waals surface area (Å²) in [7, 11) is 0. The Morgan fingerprint density at radius 2 is 1.10 bits per heavy atom. The molecule has 4 N–H and O–H groups in total. The molecular formula is C54H56Cl4N6O8. The van der Waals surface area contributed by atoms with Gasteiger partial charge in [-0.1, -0.05) is 86.2 Å². The minimum atomic E-state index is -1.08. The molecular weight excluding hydrogens is 1000 g/mol. The molecule has 0 radical (unpaired) electrons. The quantitative estimate of drug-likeness (QED) is 0.138. The van der Waals surface area contributed by atoms with E-state index in [2.05, 4.69) is 20.9 Å². The zero-order valence-electron chi connectivity index (χ0n) is 40.8. The number of fused-ring (bicyclic) bond motifs is 2. The number of Topliss-reactive ketones (excluding diaryl/α,β-unsaturated/α-hetero) is 2. The van der Waals surface area contributed by atoms with Gasteiger partial charge in [0.15, 0.2) is 11.6 Å². The van der Waals surface area contributed by atoms with Gasteiger partial charge in [-0.05, 0) is 95.5 Å². The zero-order valence-corrected chi connectivity index (χ0v) is 43.8. The van der Waals surface area contributed by atoms with Crippen LogP contribution in [0.5, 0.6) is 0 Å². The number of aromatic carboxylic acids is 1. The summed E-state index contributed by atoms with van der Waals surface area (Å²) in [5, 5.41) is 20.8. The third-order valence-corrected chi connectivity index (χ3v) is 14.6. The minimum absolute atomic E-state index is 0.0464. The van der Waals surface area contributed by atoms with Gasteiger partial charge in [-0.25, -0.2) is 4.79 Å². The molecule has 1 saturated heterocycles. The Morgan fingerprint density at radius 1 is 0.653 bits per heavy atom. The molecule has 3 amide bonds. The van der Waals surface area contributed by atoms with Gasteiger partial charge in [0, 0.05) is 101 Å². The second-order valence-electron chi connectivity index (χ2n) is 20.3. The Hall–Kier alpha value is -5.74. The molecule has 3 aliphatic heterocycles. The Kier molecular flexibility index (Phi) is 15.3. The fraction of sp³-hybridized carbons (Fsp3) is 0.370. The maximum absolute atomic E-state index is 13.7. The molecule has 14 nitrogen and oxygen atoms in total. The monoisotopic (exact) mass is 1060 g/mol. The van der Waals surface area contributed by atoms with Crippen LogP contribution in [0.4, 0.5) is 22.7 Å². The van der Waals surface area contributed by atoms with Crippen LogP contribution < -0.4 is 25.8 Å². The van der Waals surface area contributed by atoms with Crippen molar-refractivity contribution in [1.82, 2.24) is 10.2 Å². The van der Waals surface area contributed by atoms with Crippen molar-refractivity contribution in [2.45, 2.75) is 79.3 Å². The lowest BCUT2D eigenvalue weighted by molar-refractivity contribution is -0.120. The molecule has 9 rings (SSSR count). The minimum Gasteiger partial charge on any atom is -0.478 e. The molecule has 378 valence electrons. The van der Waals surface area contributed by atoms with Crippen molar-refractivity contribution in [2.75, 3.05) is 59.8 Å². The van der Waals surface area contributed by atoms with Gasteiger partial charge in [-0.3, -0.25) is 38.7 Å². The summed E-state index contributed by atoms with van der Waals surface area (Å²) >= 11 is 25.5. The molecule has 4 aromatic carbocycles. The molecule has 2 atom stereocenters. The number of ether oxygens (including phenoxy) is 1. The summed E-state index contributed by atoms with van der Waals surface area (Å²) in [6.07, 6.45) is 1.81. The Morgan fingerprint density at radius 3 is 1.53 bits per heavy atom. The van der Waals surface area contributed by atoms with Crippen molar-refractivity contribution in [3.05, 3.63) is 138 Å². The fourth-order valence-corrected chi connectivity index (χ4v) is 11.4. The summed E-state index contributed by atoms with van der Waals surface area (Å²) in [6.45, 7) is 15.4. The van der Waals surface area contributed by atoms with Gasteiger partial charge in [-0.15, -0.1) is 0 Å². The van der Waals surface area contributed by atoms with E-state index in [0.29, 0.717) is 122 Å². The van der Waals surface area contributed by atoms with Crippen molar-refractivity contribution in [2.24, 2.45) is 10.8 Å². The van der Waals surface area contributed by atoms with Crippen molar-refractivity contribution >= 4 is 104 Å². The first kappa shape index (κ1) is 52.6. The van der Waals surface area contributed by atoms with Crippen LogP contribution in [-0.2, 0) is 23.9 Å². The van der Waals surface area contributed by atoms with Crippen LogP contribution in [0.3, 0.4) is 0 Å². The van der Waals surface area contributed by atoms with Crippen LogP contribution in [0, 0.1) is 10.8 Å². The lowest BCUT2D eigenvalue weighted by Crippen LogP contribution is -2.41. The van der Waals surface area contributed by atoms with Gasteiger partial charge in [0.1, 0.15) is 0 Å². The number of ketones is 2. The predicted octanol–water partition coefficient (Wildman–Crippen LogP) is 11.1. The molecule has 18 heteroatoms. The van der Waals surface area contributed by atoms with Crippen LogP contribution in [0.1, 0.15) is 111 Å². The maximum Gasteiger partial charge on any atom is 0.335 e. The van der Waals surface area contributed by atoms with Crippen molar-refractivity contribution in [3.63, 3.8) is 0 Å². The van der Waals surface area contributed by atoms with E-state index in [9.17, 15) is 33.9 Å². The van der Waals surface area contributed by atoms with E-state index in [1.165, 1.54) is 30.9 Å². The van der Waals surface area contributed by atoms with Gasteiger partial charge in [0.25, 0.3) is 5.91 Å². The predicted molar refractivity (Wildman–Crippen MR) is 282 cm³/mol. The van der Waals surface area contributed by atoms with Gasteiger partial charge in [-0.2, -0.15) is 0 Å². The molecule has 4 aromatic rings. The highest BCUT2D eigenvalue weighted by molar-refractivity contribution is 6.36. The third-order valence-electron chi connectivity index (χ3n) is 13.5. The Balaban J connectivity index is 0.000000197. The number of nitrogens with zero attached hydrogens (tertiary/aromatic N) is 3. The SMILES string of the molecule is CC(=O)N1c2ccc(C(=O)NCCN3CCOCC3)cc2NC2=C(C(=O)CC(C)(C)C2)C1c1ccc(Cl)cc1Cl.CC(=O)N1c2ccc(C(=O)O)cc2NC2=C(C(=O)CC(C)(C)C2)C1c1ccc(Cl)cc1Cl. The summed E-state index contributed by atoms with van der Waals surface area (Å²) in [5.41, 5.74) is 5.56. The maximum atomic E-state index is 13.7. The van der Waals surface area contributed by atoms with E-state index < -0.39 is 18.1 Å². The van der Waals surface area contributed by atoms with Gasteiger partial charge in [0.2, 0.25) is 11.8 Å². The highest BCUT2D eigenvalue weighted by atomic mass is 35.5. The molecule has 0 spiro atoms. The molecule has 0 aromatic heterocycles. The smallest absolute Gasteiger partial charge is 0.335 e. The van der Waals surface area contributed by atoms with Crippen molar-refractivity contribution in [1.29, 1.82) is 0 Å². The Labute approximate surface area is 438 Å². The van der Waals surface area contributed by atoms with Gasteiger partial charge < -0.3 is 25.8 Å². The number of allylic oxidation sites excluding steroid dienone is 2. The number of anilines is 4. The average molecular weight is 1060 g/mol. The largest absolute Gasteiger partial charge is 0.478 e. The summed E-state index contributed by atoms with van der Waals surface area (Å²) in [5.74, 6) is -1.98. The molecule has 1 fully saturated rings. The van der Waals surface area contributed by atoms with E-state index in [1.807, 2.05) is 27.7 Å². The van der Waals surface area contributed by atoms with E-state index in [1.54, 1.807) is 65.6 Å². The normalized spacial score (nSPS) is 20.2. The van der Waals surface area contributed by atoms with E-state index in [4.69, 9.17) is 51.1 Å². The number of benzene rings is 4. The average Bonchev–Trinajstić information content (AvgIpc) is 3.52. The lowest BCUT2D eigenvalue weighted by Gasteiger charge is -2.37. The molecule has 2 aliphatic carbocycles. The number of amides is 3. The molecule has 0 saturated carbocycles. The number of hydrogen-bond donors (Lipinski definition) is 4. The number of rotatable bonds is 7. The fourth-order valence-electron chi connectivity index (χ4n) is 10.3. The Bertz CT molecular complexity index is 2980. The summed E-state index contributed by atoms with van der Waals surface area (Å²) in [4.78, 5) is 83.5. The second kappa shape index (κ2) is 21.0. The number of carboxylic acids is 1. The van der Waals surface area contributed by atoms with Gasteiger partial charge >= 0.3 is 5.97 Å². The number of carboxylic acid groups (broad SMARTS) is 1. The van der Waals surface area contributed by atoms with E-state index in [-0.39, 0.29) is 45.7 Å². The first-order valence-corrected chi connectivity index (χ1v) is 25.2. The van der Waals surface area contributed by atoms with Crippen LogP contribution in [0.15, 0.2) is 95.3 Å². The molecule has 5 aliphatic rings. The highest BCUT2D eigenvalue weighted by Gasteiger charge is 2.45. The molecule has 2 unspecified atom stereocenters. The topological polar surface area (TPSA) is 178 Å². The summed E-state index contributed by atoms with van der Waals surface area (Å²) < 4.78 is 5.39. The number of morpholine rings is 1. The van der Waals surface area contributed by atoms with E-state index >= 15 is 0 Å². The number of carbonyl (C=O) groups is 6. The summed E-state index contributed by atoms with van der Waals surface area (Å²) in [6, 6.07) is 18.3. The van der Waals surface area contributed by atoms with Gasteiger partial charge in [0.05, 0.1) is 53.6 Å². The molecule has 0 bridgehead atoms. The number of halogens is 4. The lowest BCUT2D eigenvalue weighted by atomic mass is 9.73. The molecule has 72 heavy (non-hydrogen) atoms. The first-order valence-electron chi connectivity index (χ1n) is 23.7. The second-order valence-corrected chi connectivity index (χ2v) is 22.0. The first-order chi connectivity index (χ1) is 34.0. The van der Waals surface area contributed by atoms with Crippen LogP contribution >= 0.6 is 46.4 Å². The number of carbonyl (C=O) groups excluding carboxylic acids is 5. The molecule has 3 heterocycles. The number of nitrogens with one attached hydrogen (secondary N) is 3. The van der Waals surface area contributed by atoms with Crippen molar-refractivity contribution < 1.29 is 38.6 Å². The highest BCUT2D eigenvalue weighted by Crippen LogP contribution is 2.52. The van der Waals surface area contributed by atoms with Crippen molar-refractivity contribution in [3.8, 4) is 0 Å². The standard InChI is InChI=1S/C30H34Cl2N4O4.C24H22Cl2N2O4/c1-18(37)36-25-7-4-19(29(39)33-8-9-35-10-12-40-13-11-35)14-23(25)34-24-16-30(2,3)17-26(38)27(24)28(36)21-6-5-20(31)15-22(21)32;1-12(29)28-19-7-4-13(23(31)32)8-17(19)27-18-10-24(2,3)11-20(30)21(18)22(28)15-6-5-14(25)9-16(15)26/h4-7,14-15,28,34H,8-13,16-17H2,1-3H3,(H,33,39);4-9,22,27H,10-11H2,1-3H3,(H,31,32). The van der Waals surface area contributed by atoms with Crippen LogP contribution in [-0.4, -0.2) is 84.7 Å². The third kappa shape index (κ3) is 11.1.